The topological polar surface area (TPSA) is 94.0 Å². The van der Waals surface area contributed by atoms with Gasteiger partial charge in [-0.1, -0.05) is 13.3 Å². The van der Waals surface area contributed by atoms with Crippen LogP contribution >= 0.6 is 12.4 Å². The third-order valence-electron chi connectivity index (χ3n) is 4.29. The SMILES string of the molecule is CCCCc1cn(CCN)c2cc(-c3cc(C(=O)O)ccn3)ncc12.Cl. The molecule has 3 aromatic rings. The maximum Gasteiger partial charge on any atom is 0.335 e. The van der Waals surface area contributed by atoms with Crippen molar-refractivity contribution in [3.8, 4) is 11.4 Å². The van der Waals surface area contributed by atoms with E-state index in [0.29, 0.717) is 17.9 Å². The van der Waals surface area contributed by atoms with Gasteiger partial charge in [0.05, 0.1) is 22.5 Å². The molecule has 0 amide bonds. The number of carboxylic acid groups (broad SMARTS) is 1. The van der Waals surface area contributed by atoms with Gasteiger partial charge in [0.1, 0.15) is 0 Å². The number of halogens is 1. The molecule has 0 unspecified atom stereocenters. The van der Waals surface area contributed by atoms with Crippen LogP contribution in [0.1, 0.15) is 35.7 Å². The lowest BCUT2D eigenvalue weighted by Crippen LogP contribution is -2.08. The zero-order chi connectivity index (χ0) is 17.8. The average molecular weight is 375 g/mol. The Labute approximate surface area is 158 Å². The Morgan fingerprint density at radius 3 is 2.73 bits per heavy atom. The van der Waals surface area contributed by atoms with Crippen molar-refractivity contribution in [1.29, 1.82) is 0 Å². The quantitative estimate of drug-likeness (QED) is 0.659. The minimum absolute atomic E-state index is 0. The first kappa shape index (κ1) is 19.9. The molecule has 0 fully saturated rings. The summed E-state index contributed by atoms with van der Waals surface area (Å²) in [4.78, 5) is 20.0. The lowest BCUT2D eigenvalue weighted by Gasteiger charge is -2.05. The van der Waals surface area contributed by atoms with E-state index in [1.165, 1.54) is 17.8 Å². The number of carbonyl (C=O) groups is 1. The Bertz CT molecular complexity index is 908. The van der Waals surface area contributed by atoms with Crippen molar-refractivity contribution in [3.63, 3.8) is 0 Å². The highest BCUT2D eigenvalue weighted by molar-refractivity contribution is 5.90. The van der Waals surface area contributed by atoms with Gasteiger partial charge in [-0.25, -0.2) is 4.79 Å². The molecular weight excluding hydrogens is 352 g/mol. The summed E-state index contributed by atoms with van der Waals surface area (Å²) in [6.45, 7) is 3.46. The number of hydrogen-bond donors (Lipinski definition) is 2. The molecule has 7 heteroatoms. The van der Waals surface area contributed by atoms with Crippen molar-refractivity contribution in [1.82, 2.24) is 14.5 Å². The van der Waals surface area contributed by atoms with Crippen LogP contribution in [0.5, 0.6) is 0 Å². The van der Waals surface area contributed by atoms with Crippen molar-refractivity contribution < 1.29 is 9.90 Å². The van der Waals surface area contributed by atoms with Crippen molar-refractivity contribution in [3.05, 3.63) is 47.9 Å². The van der Waals surface area contributed by atoms with Crippen molar-refractivity contribution in [2.75, 3.05) is 6.54 Å². The number of pyridine rings is 2. The fourth-order valence-corrected chi connectivity index (χ4v) is 2.99. The van der Waals surface area contributed by atoms with Gasteiger partial charge in [0.2, 0.25) is 0 Å². The number of aromatic carboxylic acids is 1. The lowest BCUT2D eigenvalue weighted by atomic mass is 10.1. The predicted octanol–water partition coefficient (Wildman–Crippen LogP) is 3.52. The summed E-state index contributed by atoms with van der Waals surface area (Å²) in [5.41, 5.74) is 9.50. The van der Waals surface area contributed by atoms with Gasteiger partial charge in [0.15, 0.2) is 0 Å². The van der Waals surface area contributed by atoms with Gasteiger partial charge in [-0.2, -0.15) is 0 Å². The summed E-state index contributed by atoms with van der Waals surface area (Å²) in [7, 11) is 0. The lowest BCUT2D eigenvalue weighted by molar-refractivity contribution is 0.0697. The van der Waals surface area contributed by atoms with Crippen molar-refractivity contribution in [2.45, 2.75) is 32.7 Å². The van der Waals surface area contributed by atoms with Gasteiger partial charge in [0, 0.05) is 37.1 Å². The molecule has 26 heavy (non-hydrogen) atoms. The molecule has 3 heterocycles. The molecule has 0 saturated heterocycles. The second kappa shape index (κ2) is 8.78. The molecule has 0 radical (unpaired) electrons. The summed E-state index contributed by atoms with van der Waals surface area (Å²) >= 11 is 0. The van der Waals surface area contributed by atoms with E-state index < -0.39 is 5.97 Å². The minimum Gasteiger partial charge on any atom is -0.478 e. The number of aromatic nitrogens is 3. The smallest absolute Gasteiger partial charge is 0.335 e. The van der Waals surface area contributed by atoms with Crippen LogP contribution in [0.4, 0.5) is 0 Å². The van der Waals surface area contributed by atoms with Crippen LogP contribution < -0.4 is 5.73 Å². The first-order valence-electron chi connectivity index (χ1n) is 8.51. The van der Waals surface area contributed by atoms with E-state index in [-0.39, 0.29) is 18.0 Å². The Morgan fingerprint density at radius 1 is 1.27 bits per heavy atom. The summed E-state index contributed by atoms with van der Waals surface area (Å²) < 4.78 is 2.15. The molecule has 3 N–H and O–H groups in total. The van der Waals surface area contributed by atoms with E-state index in [1.807, 2.05) is 12.3 Å². The average Bonchev–Trinajstić information content (AvgIpc) is 2.97. The third kappa shape index (κ3) is 4.03. The second-order valence-electron chi connectivity index (χ2n) is 6.06. The zero-order valence-corrected chi connectivity index (χ0v) is 15.5. The largest absolute Gasteiger partial charge is 0.478 e. The zero-order valence-electron chi connectivity index (χ0n) is 14.7. The van der Waals surface area contributed by atoms with Crippen LogP contribution in [0.25, 0.3) is 22.3 Å². The number of nitrogens with zero attached hydrogens (tertiary/aromatic N) is 3. The maximum absolute atomic E-state index is 11.2. The highest BCUT2D eigenvalue weighted by Gasteiger charge is 2.12. The minimum atomic E-state index is -0.974. The number of rotatable bonds is 7. The second-order valence-corrected chi connectivity index (χ2v) is 6.06. The highest BCUT2D eigenvalue weighted by atomic mass is 35.5. The summed E-state index contributed by atoms with van der Waals surface area (Å²) in [6.07, 6.45) is 8.79. The Kier molecular flexibility index (Phi) is 6.71. The molecule has 0 aromatic carbocycles. The Morgan fingerprint density at radius 2 is 2.04 bits per heavy atom. The van der Waals surface area contributed by atoms with Gasteiger partial charge >= 0.3 is 5.97 Å². The first-order valence-corrected chi connectivity index (χ1v) is 8.51. The fourth-order valence-electron chi connectivity index (χ4n) is 2.99. The molecule has 6 nitrogen and oxygen atoms in total. The van der Waals surface area contributed by atoms with Crippen molar-refractivity contribution >= 4 is 29.3 Å². The number of fused-ring (bicyclic) bond motifs is 1. The van der Waals surface area contributed by atoms with Crippen LogP contribution in [-0.2, 0) is 13.0 Å². The summed E-state index contributed by atoms with van der Waals surface area (Å²) in [5, 5.41) is 10.3. The molecule has 3 aromatic heterocycles. The summed E-state index contributed by atoms with van der Waals surface area (Å²) in [6, 6.07) is 4.99. The normalized spacial score (nSPS) is 10.7. The summed E-state index contributed by atoms with van der Waals surface area (Å²) in [5.74, 6) is -0.974. The number of unbranched alkanes of at least 4 members (excludes halogenated alkanes) is 1. The van der Waals surface area contributed by atoms with E-state index in [9.17, 15) is 4.79 Å². The van der Waals surface area contributed by atoms with Gasteiger partial charge in [-0.15, -0.1) is 12.4 Å². The molecule has 0 aliphatic carbocycles. The van der Waals surface area contributed by atoms with E-state index in [2.05, 4.69) is 27.7 Å². The van der Waals surface area contributed by atoms with E-state index in [1.54, 1.807) is 6.07 Å². The van der Waals surface area contributed by atoms with E-state index >= 15 is 0 Å². The molecule has 0 spiro atoms. The number of hydrogen-bond acceptors (Lipinski definition) is 4. The fraction of sp³-hybridized carbons (Fsp3) is 0.316. The molecular formula is C19H23ClN4O2. The van der Waals surface area contributed by atoms with Gasteiger partial charge in [0.25, 0.3) is 0 Å². The van der Waals surface area contributed by atoms with Crippen LogP contribution in [0.2, 0.25) is 0 Å². The predicted molar refractivity (Wildman–Crippen MR) is 105 cm³/mol. The van der Waals surface area contributed by atoms with Crippen LogP contribution in [0.3, 0.4) is 0 Å². The molecule has 0 aliphatic rings. The molecule has 0 bridgehead atoms. The van der Waals surface area contributed by atoms with Gasteiger partial charge in [-0.05, 0) is 36.6 Å². The van der Waals surface area contributed by atoms with Crippen LogP contribution in [0, 0.1) is 0 Å². The van der Waals surface area contributed by atoms with Gasteiger partial charge < -0.3 is 15.4 Å². The first-order chi connectivity index (χ1) is 12.1. The van der Waals surface area contributed by atoms with Crippen molar-refractivity contribution in [2.24, 2.45) is 5.73 Å². The Balaban J connectivity index is 0.00000243. The molecule has 0 atom stereocenters. The van der Waals surface area contributed by atoms with E-state index in [0.717, 1.165) is 36.7 Å². The Hall–Kier alpha value is -2.44. The van der Waals surface area contributed by atoms with Crippen LogP contribution in [-0.4, -0.2) is 32.2 Å². The van der Waals surface area contributed by atoms with E-state index in [4.69, 9.17) is 10.8 Å². The molecule has 0 saturated carbocycles. The van der Waals surface area contributed by atoms with Gasteiger partial charge in [-0.3, -0.25) is 9.97 Å². The highest BCUT2D eigenvalue weighted by Crippen LogP contribution is 2.26. The number of nitrogens with two attached hydrogens (primary N) is 1. The molecule has 0 aliphatic heterocycles. The van der Waals surface area contributed by atoms with Crippen LogP contribution in [0.15, 0.2) is 36.8 Å². The molecule has 3 rings (SSSR count). The monoisotopic (exact) mass is 374 g/mol. The number of carboxylic acids is 1. The maximum atomic E-state index is 11.2. The standard InChI is InChI=1S/C19H22N4O2.ClH/c1-2-3-4-14-12-23(8-6-20)18-10-17(22-11-15(14)18)16-9-13(19(24)25)5-7-21-16;/h5,7,9-12H,2-4,6,8,20H2,1H3,(H,24,25);1H. The number of aryl methyl sites for hydroxylation is 1. The molecule has 138 valence electrons. The third-order valence-corrected chi connectivity index (χ3v) is 4.29.